The van der Waals surface area contributed by atoms with E-state index < -0.39 is 5.97 Å². The maximum atomic E-state index is 12.2. The lowest BCUT2D eigenvalue weighted by Crippen LogP contribution is -2.18. The number of rotatable bonds is 4. The number of nitrogens with zero attached hydrogens (tertiary/aromatic N) is 1. The van der Waals surface area contributed by atoms with Crippen molar-refractivity contribution in [2.75, 3.05) is 4.90 Å². The summed E-state index contributed by atoms with van der Waals surface area (Å²) in [7, 11) is 0. The van der Waals surface area contributed by atoms with E-state index in [0.29, 0.717) is 5.56 Å². The maximum Gasteiger partial charge on any atom is 0.336 e. The highest BCUT2D eigenvalue weighted by atomic mass is 16.4. The van der Waals surface area contributed by atoms with Gasteiger partial charge in [0.2, 0.25) is 0 Å². The number of hydrogen-bond donors (Lipinski definition) is 1. The smallest absolute Gasteiger partial charge is 0.336 e. The van der Waals surface area contributed by atoms with Crippen molar-refractivity contribution >= 4 is 33.8 Å². The first-order chi connectivity index (χ1) is 21.2. The molecular formula is C41H33NO2. The van der Waals surface area contributed by atoms with Gasteiger partial charge in [-0.1, -0.05) is 113 Å². The SMILES string of the molecule is CC1(C)c2ccccc2-c2ccc(N(c3ccc4c(c3)C(C)(C)c3ccccc3-4)c3ccc(C(=O)O)c4ccccc34)cc21. The van der Waals surface area contributed by atoms with Crippen LogP contribution in [0, 0.1) is 0 Å². The zero-order valence-corrected chi connectivity index (χ0v) is 25.3. The van der Waals surface area contributed by atoms with Crippen molar-refractivity contribution in [3.63, 3.8) is 0 Å². The summed E-state index contributed by atoms with van der Waals surface area (Å²) in [6.45, 7) is 9.21. The molecule has 0 atom stereocenters. The quantitative estimate of drug-likeness (QED) is 0.229. The number of benzene rings is 6. The summed E-state index contributed by atoms with van der Waals surface area (Å²) < 4.78 is 0. The van der Waals surface area contributed by atoms with Gasteiger partial charge in [-0.15, -0.1) is 0 Å². The Balaban J connectivity index is 1.39. The summed E-state index contributed by atoms with van der Waals surface area (Å²) in [5.41, 5.74) is 13.4. The fraction of sp³-hybridized carbons (Fsp3) is 0.146. The molecule has 2 aliphatic carbocycles. The highest BCUT2D eigenvalue weighted by Gasteiger charge is 2.37. The number of aromatic carboxylic acids is 1. The molecule has 0 aromatic heterocycles. The van der Waals surface area contributed by atoms with Crippen molar-refractivity contribution in [3.8, 4) is 22.3 Å². The average molecular weight is 572 g/mol. The second kappa shape index (κ2) is 9.17. The van der Waals surface area contributed by atoms with Gasteiger partial charge < -0.3 is 10.0 Å². The van der Waals surface area contributed by atoms with Crippen LogP contribution in [0.2, 0.25) is 0 Å². The Morgan fingerprint density at radius 2 is 0.977 bits per heavy atom. The van der Waals surface area contributed by atoms with E-state index >= 15 is 0 Å². The van der Waals surface area contributed by atoms with E-state index in [1.54, 1.807) is 6.07 Å². The molecule has 0 unspecified atom stereocenters. The normalized spacial score (nSPS) is 14.9. The van der Waals surface area contributed by atoms with Gasteiger partial charge in [0.15, 0.2) is 0 Å². The lowest BCUT2D eigenvalue weighted by atomic mass is 9.82. The lowest BCUT2D eigenvalue weighted by molar-refractivity contribution is 0.0699. The molecule has 44 heavy (non-hydrogen) atoms. The van der Waals surface area contributed by atoms with Gasteiger partial charge in [0, 0.05) is 27.6 Å². The van der Waals surface area contributed by atoms with Crippen LogP contribution in [0.3, 0.4) is 0 Å². The van der Waals surface area contributed by atoms with E-state index in [9.17, 15) is 9.90 Å². The van der Waals surface area contributed by atoms with Crippen molar-refractivity contribution in [3.05, 3.63) is 149 Å². The molecule has 6 aromatic rings. The number of carboxylic acids is 1. The Labute approximate surface area is 258 Å². The zero-order valence-electron chi connectivity index (χ0n) is 25.3. The number of carbonyl (C=O) groups is 1. The molecule has 3 heteroatoms. The van der Waals surface area contributed by atoms with E-state index in [0.717, 1.165) is 27.8 Å². The van der Waals surface area contributed by atoms with Crippen molar-refractivity contribution in [1.82, 2.24) is 0 Å². The molecule has 0 amide bonds. The molecule has 0 bridgehead atoms. The summed E-state index contributed by atoms with van der Waals surface area (Å²) in [6.07, 6.45) is 0. The van der Waals surface area contributed by atoms with E-state index in [-0.39, 0.29) is 10.8 Å². The molecule has 0 fully saturated rings. The summed E-state index contributed by atoms with van der Waals surface area (Å²) in [5, 5.41) is 11.7. The number of hydrogen-bond acceptors (Lipinski definition) is 2. The van der Waals surface area contributed by atoms with Crippen LogP contribution < -0.4 is 4.90 Å². The second-order valence-corrected chi connectivity index (χ2v) is 13.1. The number of fused-ring (bicyclic) bond motifs is 7. The molecule has 1 N–H and O–H groups in total. The van der Waals surface area contributed by atoms with Crippen LogP contribution in [-0.2, 0) is 10.8 Å². The van der Waals surface area contributed by atoms with Gasteiger partial charge in [0.05, 0.1) is 11.3 Å². The van der Waals surface area contributed by atoms with Crippen LogP contribution in [0.4, 0.5) is 17.1 Å². The van der Waals surface area contributed by atoms with Gasteiger partial charge in [-0.2, -0.15) is 0 Å². The molecule has 0 heterocycles. The van der Waals surface area contributed by atoms with Gasteiger partial charge >= 0.3 is 5.97 Å². The molecule has 0 aliphatic heterocycles. The zero-order chi connectivity index (χ0) is 30.4. The first kappa shape index (κ1) is 26.5. The average Bonchev–Trinajstić information content (AvgIpc) is 3.40. The maximum absolute atomic E-state index is 12.2. The molecule has 0 saturated carbocycles. The van der Waals surface area contributed by atoms with E-state index in [2.05, 4.69) is 118 Å². The Kier molecular flexibility index (Phi) is 5.52. The summed E-state index contributed by atoms with van der Waals surface area (Å²) in [4.78, 5) is 14.5. The Hall–Kier alpha value is -5.15. The van der Waals surface area contributed by atoms with Crippen LogP contribution >= 0.6 is 0 Å². The van der Waals surface area contributed by atoms with Gasteiger partial charge in [-0.05, 0) is 86.3 Å². The molecule has 3 nitrogen and oxygen atoms in total. The van der Waals surface area contributed by atoms with Gasteiger partial charge in [-0.25, -0.2) is 4.79 Å². The third-order valence-electron chi connectivity index (χ3n) is 10.0. The molecule has 0 radical (unpaired) electrons. The van der Waals surface area contributed by atoms with Crippen molar-refractivity contribution in [2.45, 2.75) is 38.5 Å². The molecule has 8 rings (SSSR count). The Morgan fingerprint density at radius 3 is 1.50 bits per heavy atom. The monoisotopic (exact) mass is 571 g/mol. The van der Waals surface area contributed by atoms with E-state index in [4.69, 9.17) is 0 Å². The van der Waals surface area contributed by atoms with Crippen molar-refractivity contribution in [1.29, 1.82) is 0 Å². The number of carboxylic acid groups (broad SMARTS) is 1. The van der Waals surface area contributed by atoms with Crippen molar-refractivity contribution in [2.24, 2.45) is 0 Å². The van der Waals surface area contributed by atoms with E-state index in [1.165, 1.54) is 44.5 Å². The standard InChI is InChI=1S/C41H33NO2/c1-40(2)34-15-9-7-12-28(34)30-19-17-25(23-36(30)40)42(38-22-21-33(39(43)44)27-11-5-6-14-32(27)38)26-18-20-31-29-13-8-10-16-35(29)41(3,4)37(31)24-26/h5-24H,1-4H3,(H,43,44). The van der Waals surface area contributed by atoms with Gasteiger partial charge in [0.1, 0.15) is 0 Å². The first-order valence-electron chi connectivity index (χ1n) is 15.2. The minimum Gasteiger partial charge on any atom is -0.478 e. The van der Waals surface area contributed by atoms with Crippen LogP contribution in [0.5, 0.6) is 0 Å². The third kappa shape index (κ3) is 3.59. The van der Waals surface area contributed by atoms with Gasteiger partial charge in [0.25, 0.3) is 0 Å². The summed E-state index contributed by atoms with van der Waals surface area (Å²) in [5.74, 6) is -0.923. The van der Waals surface area contributed by atoms with Gasteiger partial charge in [-0.3, -0.25) is 0 Å². The molecule has 2 aliphatic rings. The third-order valence-corrected chi connectivity index (χ3v) is 10.0. The highest BCUT2D eigenvalue weighted by molar-refractivity contribution is 6.09. The fourth-order valence-electron chi connectivity index (χ4n) is 7.75. The van der Waals surface area contributed by atoms with E-state index in [1.807, 2.05) is 30.3 Å². The molecule has 6 aromatic carbocycles. The first-order valence-corrected chi connectivity index (χ1v) is 15.2. The van der Waals surface area contributed by atoms with Crippen molar-refractivity contribution < 1.29 is 9.90 Å². The van der Waals surface area contributed by atoms with Crippen LogP contribution in [0.15, 0.2) is 121 Å². The predicted molar refractivity (Wildman–Crippen MR) is 181 cm³/mol. The summed E-state index contributed by atoms with van der Waals surface area (Å²) in [6, 6.07) is 42.6. The minimum absolute atomic E-state index is 0.148. The largest absolute Gasteiger partial charge is 0.478 e. The molecule has 214 valence electrons. The summed E-state index contributed by atoms with van der Waals surface area (Å²) >= 11 is 0. The topological polar surface area (TPSA) is 40.5 Å². The number of anilines is 3. The Morgan fingerprint density at radius 1 is 0.523 bits per heavy atom. The lowest BCUT2D eigenvalue weighted by Gasteiger charge is -2.30. The molecular weight excluding hydrogens is 538 g/mol. The molecule has 0 spiro atoms. The van der Waals surface area contributed by atoms with Crippen LogP contribution in [0.1, 0.15) is 60.3 Å². The minimum atomic E-state index is -0.923. The van der Waals surface area contributed by atoms with Crippen LogP contribution in [0.25, 0.3) is 33.0 Å². The fourth-order valence-corrected chi connectivity index (χ4v) is 7.75. The predicted octanol–water partition coefficient (Wildman–Crippen LogP) is 10.6. The second-order valence-electron chi connectivity index (χ2n) is 13.1. The molecule has 0 saturated heterocycles. The van der Waals surface area contributed by atoms with Crippen LogP contribution in [-0.4, -0.2) is 11.1 Å². The highest BCUT2D eigenvalue weighted by Crippen LogP contribution is 2.53. The Bertz CT molecular complexity index is 2060.